The monoisotopic (exact) mass is 813 g/mol. The van der Waals surface area contributed by atoms with Gasteiger partial charge in [-0.25, -0.2) is 4.79 Å². The molecule has 2 unspecified atom stereocenters. The van der Waals surface area contributed by atoms with Crippen molar-refractivity contribution in [3.8, 4) is 0 Å². The van der Waals surface area contributed by atoms with E-state index in [-0.39, 0.29) is 36.2 Å². The Bertz CT molecular complexity index is 1180. The van der Waals surface area contributed by atoms with Crippen LogP contribution >= 0.6 is 0 Å². The van der Waals surface area contributed by atoms with E-state index < -0.39 is 18.1 Å². The number of nitrogens with zero attached hydrogens (tertiary/aromatic N) is 1. The van der Waals surface area contributed by atoms with Crippen LogP contribution in [0, 0.1) is 0 Å². The third kappa shape index (κ3) is 38.3. The number of carboxylic acid groups (broad SMARTS) is 1. The molecule has 0 amide bonds. The second-order valence-electron chi connectivity index (χ2n) is 16.3. The van der Waals surface area contributed by atoms with Crippen LogP contribution in [-0.2, 0) is 28.6 Å². The molecule has 0 aromatic rings. The van der Waals surface area contributed by atoms with Gasteiger partial charge in [0.25, 0.3) is 0 Å². The molecule has 0 fully saturated rings. The highest BCUT2D eigenvalue weighted by Gasteiger charge is 2.31. The third-order valence-corrected chi connectivity index (χ3v) is 9.83. The molecule has 0 spiro atoms. The van der Waals surface area contributed by atoms with Crippen molar-refractivity contribution < 1.29 is 38.2 Å². The van der Waals surface area contributed by atoms with Crippen LogP contribution in [0.1, 0.15) is 174 Å². The normalized spacial score (nSPS) is 13.6. The van der Waals surface area contributed by atoms with E-state index in [9.17, 15) is 19.5 Å². The van der Waals surface area contributed by atoms with Crippen LogP contribution in [0.15, 0.2) is 72.9 Å². The molecular formula is C50H86NO7+. The minimum Gasteiger partial charge on any atom is -0.477 e. The summed E-state index contributed by atoms with van der Waals surface area (Å²) in [6, 6.07) is -0.626. The summed E-state index contributed by atoms with van der Waals surface area (Å²) in [5.74, 6) is -1.55. The number of hydrogen-bond acceptors (Lipinski definition) is 6. The second kappa shape index (κ2) is 40.5. The highest BCUT2D eigenvalue weighted by molar-refractivity contribution is 5.72. The fraction of sp³-hybridized carbons (Fsp3) is 0.700. The van der Waals surface area contributed by atoms with E-state index in [1.807, 2.05) is 21.1 Å². The molecule has 58 heavy (non-hydrogen) atoms. The van der Waals surface area contributed by atoms with Crippen LogP contribution in [-0.4, -0.2) is 80.6 Å². The second-order valence-corrected chi connectivity index (χ2v) is 16.3. The molecule has 0 aromatic carbocycles. The van der Waals surface area contributed by atoms with Crippen LogP contribution in [0.2, 0.25) is 0 Å². The van der Waals surface area contributed by atoms with Gasteiger partial charge in [0.05, 0.1) is 34.4 Å². The predicted octanol–water partition coefficient (Wildman–Crippen LogP) is 12.7. The zero-order valence-electron chi connectivity index (χ0n) is 37.7. The third-order valence-electron chi connectivity index (χ3n) is 9.83. The molecule has 0 aliphatic rings. The fourth-order valence-electron chi connectivity index (χ4n) is 6.22. The number of carboxylic acids is 1. The predicted molar refractivity (Wildman–Crippen MR) is 243 cm³/mol. The van der Waals surface area contributed by atoms with Crippen molar-refractivity contribution in [3.63, 3.8) is 0 Å². The number of likely N-dealkylation sites (N-methyl/N-ethyl adjacent to an activating group) is 1. The lowest BCUT2D eigenvalue weighted by molar-refractivity contribution is -0.887. The average Bonchev–Trinajstić information content (AvgIpc) is 3.18. The van der Waals surface area contributed by atoms with Gasteiger partial charge in [-0.2, -0.15) is 0 Å². The number of ether oxygens (including phenoxy) is 3. The summed E-state index contributed by atoms with van der Waals surface area (Å²) in [4.78, 5) is 37.0. The Balaban J connectivity index is 4.42. The summed E-state index contributed by atoms with van der Waals surface area (Å²) in [7, 11) is 5.50. The highest BCUT2D eigenvalue weighted by atomic mass is 16.6. The molecule has 0 bridgehead atoms. The Labute approximate surface area is 355 Å². The van der Waals surface area contributed by atoms with Gasteiger partial charge >= 0.3 is 17.9 Å². The molecule has 0 aliphatic carbocycles. The summed E-state index contributed by atoms with van der Waals surface area (Å²) >= 11 is 0. The lowest BCUT2D eigenvalue weighted by Gasteiger charge is -2.31. The van der Waals surface area contributed by atoms with E-state index in [0.29, 0.717) is 25.7 Å². The van der Waals surface area contributed by atoms with Crippen molar-refractivity contribution >= 4 is 17.9 Å². The van der Waals surface area contributed by atoms with Crippen LogP contribution in [0.3, 0.4) is 0 Å². The summed E-state index contributed by atoms with van der Waals surface area (Å²) in [5, 5.41) is 9.62. The van der Waals surface area contributed by atoms with E-state index in [1.165, 1.54) is 64.2 Å². The first-order chi connectivity index (χ1) is 28.1. The smallest absolute Gasteiger partial charge is 0.362 e. The van der Waals surface area contributed by atoms with E-state index in [2.05, 4.69) is 86.8 Å². The molecule has 0 saturated carbocycles. The molecule has 0 rings (SSSR count). The molecule has 1 N–H and O–H groups in total. The number of allylic oxidation sites excluding steroid dienone is 12. The van der Waals surface area contributed by atoms with Crippen LogP contribution in [0.5, 0.6) is 0 Å². The van der Waals surface area contributed by atoms with Gasteiger partial charge in [-0.1, -0.05) is 138 Å². The van der Waals surface area contributed by atoms with Crippen LogP contribution < -0.4 is 0 Å². The van der Waals surface area contributed by atoms with Crippen molar-refractivity contribution in [3.05, 3.63) is 72.9 Å². The highest BCUT2D eigenvalue weighted by Crippen LogP contribution is 2.12. The van der Waals surface area contributed by atoms with E-state index in [4.69, 9.17) is 14.2 Å². The SMILES string of the molecule is CCCCC/C=C/C/C=C/C/C=C/C/C=C/C/C=C/CCCCC(=O)OCC(COCCC(C(=O)O)[N+](C)(C)C)OC(=O)CCCCC/C=C/CCCCCCCC. The molecule has 0 heterocycles. The number of hydrogen-bond donors (Lipinski definition) is 1. The van der Waals surface area contributed by atoms with Gasteiger partial charge < -0.3 is 23.8 Å². The van der Waals surface area contributed by atoms with E-state index in [1.54, 1.807) is 0 Å². The lowest BCUT2D eigenvalue weighted by atomic mass is 10.1. The molecule has 0 aliphatic heterocycles. The van der Waals surface area contributed by atoms with Crippen molar-refractivity contribution in [2.24, 2.45) is 0 Å². The molecule has 0 saturated heterocycles. The minimum atomic E-state index is -0.886. The summed E-state index contributed by atoms with van der Waals surface area (Å²) in [6.45, 7) is 4.62. The first kappa shape index (κ1) is 54.8. The zero-order chi connectivity index (χ0) is 42.8. The first-order valence-corrected chi connectivity index (χ1v) is 23.0. The Hall–Kier alpha value is -3.23. The van der Waals surface area contributed by atoms with Crippen molar-refractivity contribution in [1.82, 2.24) is 0 Å². The summed E-state index contributed by atoms with van der Waals surface area (Å²) in [6.07, 6.45) is 50.9. The number of rotatable bonds is 40. The lowest BCUT2D eigenvalue weighted by Crippen LogP contribution is -2.50. The van der Waals surface area contributed by atoms with E-state index in [0.717, 1.165) is 70.6 Å². The van der Waals surface area contributed by atoms with Crippen LogP contribution in [0.25, 0.3) is 0 Å². The topological polar surface area (TPSA) is 99.1 Å². The Morgan fingerprint density at radius 1 is 0.517 bits per heavy atom. The zero-order valence-corrected chi connectivity index (χ0v) is 37.7. The maximum absolute atomic E-state index is 12.7. The van der Waals surface area contributed by atoms with Gasteiger partial charge in [0, 0.05) is 19.3 Å². The van der Waals surface area contributed by atoms with Gasteiger partial charge in [0.2, 0.25) is 0 Å². The Kier molecular flexibility index (Phi) is 38.3. The fourth-order valence-corrected chi connectivity index (χ4v) is 6.22. The maximum Gasteiger partial charge on any atom is 0.362 e. The number of quaternary nitrogens is 1. The summed E-state index contributed by atoms with van der Waals surface area (Å²) in [5.41, 5.74) is 0. The molecule has 8 heteroatoms. The molecule has 8 nitrogen and oxygen atoms in total. The molecule has 332 valence electrons. The van der Waals surface area contributed by atoms with Gasteiger partial charge in [-0.15, -0.1) is 0 Å². The van der Waals surface area contributed by atoms with Gasteiger partial charge in [0.15, 0.2) is 12.1 Å². The Morgan fingerprint density at radius 3 is 1.43 bits per heavy atom. The van der Waals surface area contributed by atoms with Crippen molar-refractivity contribution in [1.29, 1.82) is 0 Å². The van der Waals surface area contributed by atoms with Crippen LogP contribution in [0.4, 0.5) is 0 Å². The number of esters is 2. The van der Waals surface area contributed by atoms with Crippen molar-refractivity contribution in [2.75, 3.05) is 41.0 Å². The molecule has 0 radical (unpaired) electrons. The molecular weight excluding hydrogens is 727 g/mol. The van der Waals surface area contributed by atoms with Gasteiger partial charge in [0.1, 0.15) is 6.61 Å². The number of aliphatic carboxylic acids is 1. The van der Waals surface area contributed by atoms with E-state index >= 15 is 0 Å². The van der Waals surface area contributed by atoms with Gasteiger partial charge in [-0.05, 0) is 89.9 Å². The maximum atomic E-state index is 12.7. The number of carbonyl (C=O) groups is 3. The van der Waals surface area contributed by atoms with Crippen molar-refractivity contribution in [2.45, 2.75) is 187 Å². The number of unbranched alkanes of at least 4 members (excludes halogenated alkanes) is 14. The first-order valence-electron chi connectivity index (χ1n) is 23.0. The quantitative estimate of drug-likeness (QED) is 0.0285. The molecule has 0 aromatic heterocycles. The summed E-state index contributed by atoms with van der Waals surface area (Å²) < 4.78 is 17.2. The minimum absolute atomic E-state index is 0.0378. The molecule has 2 atom stereocenters. The number of carbonyl (C=O) groups excluding carboxylic acids is 2. The average molecular weight is 813 g/mol. The largest absolute Gasteiger partial charge is 0.477 e. The standard InChI is InChI=1S/C50H85NO7/c1-6-8-10-12-14-16-18-20-21-22-23-24-25-26-27-29-30-32-34-36-38-40-48(52)57-45-46(44-56-43-42-47(50(54)55)51(3,4)5)58-49(53)41-39-37-35-33-31-28-19-17-15-13-11-9-7-2/h14,16,20-21,23-24,26-28,30-32,46-47H,6-13,15,17-19,22,25,29,33-45H2,1-5H3/p+1/b16-14+,21-20+,24-23+,27-26+,31-28+,32-30+. The Morgan fingerprint density at radius 2 is 0.914 bits per heavy atom. The van der Waals surface area contributed by atoms with Gasteiger partial charge in [-0.3, -0.25) is 9.59 Å².